The lowest BCUT2D eigenvalue weighted by Crippen LogP contribution is -2.40. The number of halogens is 1. The number of hydrogen-bond donors (Lipinski definition) is 0. The first-order valence-corrected chi connectivity index (χ1v) is 16.4. The number of aromatic nitrogens is 1. The second kappa shape index (κ2) is 13.7. The van der Waals surface area contributed by atoms with Crippen molar-refractivity contribution in [1.82, 2.24) is 4.57 Å². The molecule has 2 heterocycles. The summed E-state index contributed by atoms with van der Waals surface area (Å²) < 4.78 is 13.7. The maximum Gasteiger partial charge on any atom is 0.338 e. The summed E-state index contributed by atoms with van der Waals surface area (Å²) in [5, 5.41) is 0.673. The van der Waals surface area contributed by atoms with E-state index >= 15 is 0 Å². The molecule has 6 rings (SSSR count). The fraction of sp³-hybridized carbons (Fsp3) is 0.184. The van der Waals surface area contributed by atoms with E-state index in [2.05, 4.69) is 26.0 Å². The standard InChI is InChI=1S/C38H33ClN2O4S/c1-4-44-37(43)33-34(28-10-6-5-7-11-28)40-38-41(35(33)29-17-15-27(16-18-29)24(2)3)36(42)32(46-38)22-26-9-8-12-31(21-26)45-23-25-13-19-30(39)20-14-25/h5-22,24,35H,4,23H2,1-3H3/b32-22+/t35-/m1/s1. The molecular weight excluding hydrogens is 616 g/mol. The first-order valence-electron chi connectivity index (χ1n) is 15.2. The summed E-state index contributed by atoms with van der Waals surface area (Å²) >= 11 is 7.31. The van der Waals surface area contributed by atoms with Gasteiger partial charge in [-0.25, -0.2) is 9.79 Å². The molecule has 0 amide bonds. The lowest BCUT2D eigenvalue weighted by molar-refractivity contribution is -0.138. The third kappa shape index (κ3) is 6.62. The molecule has 232 valence electrons. The zero-order valence-corrected chi connectivity index (χ0v) is 27.3. The smallest absolute Gasteiger partial charge is 0.338 e. The molecule has 0 N–H and O–H groups in total. The van der Waals surface area contributed by atoms with Crippen LogP contribution in [0.1, 0.15) is 60.5 Å². The van der Waals surface area contributed by atoms with Crippen molar-refractivity contribution in [3.63, 3.8) is 0 Å². The highest BCUT2D eigenvalue weighted by molar-refractivity contribution is 7.07. The molecule has 0 spiro atoms. The zero-order valence-electron chi connectivity index (χ0n) is 25.8. The monoisotopic (exact) mass is 648 g/mol. The highest BCUT2D eigenvalue weighted by Gasteiger charge is 2.35. The molecule has 1 atom stereocenters. The molecule has 0 fully saturated rings. The number of carbonyl (C=O) groups excluding carboxylic acids is 1. The number of rotatable bonds is 9. The van der Waals surface area contributed by atoms with Gasteiger partial charge < -0.3 is 9.47 Å². The van der Waals surface area contributed by atoms with Crippen molar-refractivity contribution < 1.29 is 14.3 Å². The summed E-state index contributed by atoms with van der Waals surface area (Å²) in [7, 11) is 0. The largest absolute Gasteiger partial charge is 0.489 e. The van der Waals surface area contributed by atoms with Crippen LogP contribution in [0.5, 0.6) is 5.75 Å². The van der Waals surface area contributed by atoms with Gasteiger partial charge in [-0.1, -0.05) is 116 Å². The summed E-state index contributed by atoms with van der Waals surface area (Å²) in [6, 6.07) is 32.0. The highest BCUT2D eigenvalue weighted by Crippen LogP contribution is 2.35. The van der Waals surface area contributed by atoms with Gasteiger partial charge in [-0.05, 0) is 65.4 Å². The van der Waals surface area contributed by atoms with Crippen LogP contribution in [0.2, 0.25) is 5.02 Å². The van der Waals surface area contributed by atoms with Crippen molar-refractivity contribution >= 4 is 40.7 Å². The lowest BCUT2D eigenvalue weighted by atomic mass is 9.91. The third-order valence-electron chi connectivity index (χ3n) is 7.77. The second-order valence-electron chi connectivity index (χ2n) is 11.2. The molecule has 6 nitrogen and oxygen atoms in total. The van der Waals surface area contributed by atoms with Crippen molar-refractivity contribution in [2.75, 3.05) is 6.61 Å². The molecule has 8 heteroatoms. The van der Waals surface area contributed by atoms with Crippen molar-refractivity contribution in [3.05, 3.63) is 161 Å². The summed E-state index contributed by atoms with van der Waals surface area (Å²) in [4.78, 5) is 33.4. The predicted molar refractivity (Wildman–Crippen MR) is 184 cm³/mol. The first-order chi connectivity index (χ1) is 22.3. The summed E-state index contributed by atoms with van der Waals surface area (Å²) in [6.45, 7) is 6.62. The summed E-state index contributed by atoms with van der Waals surface area (Å²) in [5.41, 5.74) is 5.16. The molecule has 5 aromatic rings. The zero-order chi connectivity index (χ0) is 32.2. The second-order valence-corrected chi connectivity index (χ2v) is 12.7. The third-order valence-corrected chi connectivity index (χ3v) is 9.00. The minimum absolute atomic E-state index is 0.199. The Morgan fingerprint density at radius 3 is 2.41 bits per heavy atom. The van der Waals surface area contributed by atoms with Gasteiger partial charge in [0.25, 0.3) is 5.56 Å². The maximum atomic E-state index is 14.2. The number of hydrogen-bond acceptors (Lipinski definition) is 6. The molecule has 0 saturated carbocycles. The minimum Gasteiger partial charge on any atom is -0.489 e. The molecule has 0 unspecified atom stereocenters. The fourth-order valence-corrected chi connectivity index (χ4v) is 6.54. The quantitative estimate of drug-likeness (QED) is 0.157. The summed E-state index contributed by atoms with van der Waals surface area (Å²) in [5.74, 6) is 0.514. The van der Waals surface area contributed by atoms with Gasteiger partial charge in [0, 0.05) is 10.6 Å². The van der Waals surface area contributed by atoms with Gasteiger partial charge in [-0.2, -0.15) is 0 Å². The van der Waals surface area contributed by atoms with Gasteiger partial charge in [-0.3, -0.25) is 9.36 Å². The average molecular weight is 649 g/mol. The van der Waals surface area contributed by atoms with Crippen LogP contribution < -0.4 is 19.6 Å². The molecule has 0 radical (unpaired) electrons. The Labute approximate surface area is 276 Å². The van der Waals surface area contributed by atoms with Crippen molar-refractivity contribution in [1.29, 1.82) is 0 Å². The average Bonchev–Trinajstić information content (AvgIpc) is 3.38. The molecule has 0 saturated heterocycles. The summed E-state index contributed by atoms with van der Waals surface area (Å²) in [6.07, 6.45) is 1.84. The van der Waals surface area contributed by atoms with E-state index in [-0.39, 0.29) is 12.2 Å². The van der Waals surface area contributed by atoms with E-state index in [1.165, 1.54) is 16.9 Å². The Kier molecular flexibility index (Phi) is 9.33. The molecule has 1 aromatic heterocycles. The van der Waals surface area contributed by atoms with Crippen LogP contribution in [0, 0.1) is 0 Å². The van der Waals surface area contributed by atoms with E-state index < -0.39 is 12.0 Å². The van der Waals surface area contributed by atoms with Crippen LogP contribution in [0.25, 0.3) is 11.8 Å². The predicted octanol–water partition coefficient (Wildman–Crippen LogP) is 7.29. The molecule has 1 aliphatic rings. The number of thiazole rings is 1. The lowest BCUT2D eigenvalue weighted by Gasteiger charge is -2.26. The van der Waals surface area contributed by atoms with E-state index in [4.69, 9.17) is 26.1 Å². The van der Waals surface area contributed by atoms with Crippen LogP contribution in [0.15, 0.2) is 118 Å². The number of benzene rings is 4. The molecule has 4 aromatic carbocycles. The van der Waals surface area contributed by atoms with Crippen LogP contribution in [0.3, 0.4) is 0 Å². The fourth-order valence-electron chi connectivity index (χ4n) is 5.41. The van der Waals surface area contributed by atoms with Gasteiger partial charge in [0.15, 0.2) is 4.80 Å². The van der Waals surface area contributed by atoms with Crippen molar-refractivity contribution in [2.24, 2.45) is 4.99 Å². The van der Waals surface area contributed by atoms with Crippen LogP contribution in [-0.2, 0) is 16.1 Å². The van der Waals surface area contributed by atoms with Crippen molar-refractivity contribution in [3.8, 4) is 5.75 Å². The Morgan fingerprint density at radius 2 is 1.72 bits per heavy atom. The van der Waals surface area contributed by atoms with Gasteiger partial charge in [-0.15, -0.1) is 0 Å². The van der Waals surface area contributed by atoms with E-state index in [0.717, 1.165) is 22.3 Å². The van der Waals surface area contributed by atoms with Gasteiger partial charge >= 0.3 is 5.97 Å². The van der Waals surface area contributed by atoms with Gasteiger partial charge in [0.2, 0.25) is 0 Å². The number of carbonyl (C=O) groups is 1. The minimum atomic E-state index is -0.720. The van der Waals surface area contributed by atoms with Gasteiger partial charge in [0.05, 0.1) is 28.5 Å². The normalized spacial score (nSPS) is 14.6. The van der Waals surface area contributed by atoms with Gasteiger partial charge in [0.1, 0.15) is 12.4 Å². The molecule has 1 aliphatic heterocycles. The van der Waals surface area contributed by atoms with E-state index in [1.54, 1.807) is 11.5 Å². The number of nitrogens with zero attached hydrogens (tertiary/aromatic N) is 2. The molecular formula is C38H33ClN2O4S. The first kappa shape index (κ1) is 31.3. The number of fused-ring (bicyclic) bond motifs is 1. The topological polar surface area (TPSA) is 69.9 Å². The Balaban J connectivity index is 1.47. The van der Waals surface area contributed by atoms with E-state index in [1.807, 2.05) is 97.1 Å². The van der Waals surface area contributed by atoms with Crippen LogP contribution >= 0.6 is 22.9 Å². The number of esters is 1. The Hall–Kier alpha value is -4.72. The maximum absolute atomic E-state index is 14.2. The Morgan fingerprint density at radius 1 is 0.978 bits per heavy atom. The van der Waals surface area contributed by atoms with Crippen LogP contribution in [0.4, 0.5) is 0 Å². The van der Waals surface area contributed by atoms with Crippen molar-refractivity contribution in [2.45, 2.75) is 39.3 Å². The molecule has 0 bridgehead atoms. The van der Waals surface area contributed by atoms with E-state index in [9.17, 15) is 9.59 Å². The molecule has 46 heavy (non-hydrogen) atoms. The Bertz CT molecular complexity index is 2080. The molecule has 0 aliphatic carbocycles. The van der Waals surface area contributed by atoms with E-state index in [0.29, 0.717) is 43.9 Å². The number of ether oxygens (including phenoxy) is 2. The SMILES string of the molecule is CCOC(=O)C1=C(c2ccccc2)N=c2s/c(=C/c3cccc(OCc4ccc(Cl)cc4)c3)c(=O)n2[C@@H]1c1ccc(C(C)C)cc1. The van der Waals surface area contributed by atoms with Crippen LogP contribution in [-0.4, -0.2) is 17.1 Å². The highest BCUT2D eigenvalue weighted by atomic mass is 35.5.